The van der Waals surface area contributed by atoms with Gasteiger partial charge in [-0.3, -0.25) is 4.79 Å². The minimum Gasteiger partial charge on any atom is -0.376 e. The van der Waals surface area contributed by atoms with Gasteiger partial charge in [-0.2, -0.15) is 4.31 Å². The molecule has 8 heteroatoms. The van der Waals surface area contributed by atoms with Crippen molar-refractivity contribution in [3.63, 3.8) is 0 Å². The number of anilines is 2. The third kappa shape index (κ3) is 4.88. The summed E-state index contributed by atoms with van der Waals surface area (Å²) in [7, 11) is -0.0799. The molecule has 6 nitrogen and oxygen atoms in total. The van der Waals surface area contributed by atoms with Crippen LogP contribution in [0.3, 0.4) is 0 Å². The molecule has 0 fully saturated rings. The summed E-state index contributed by atoms with van der Waals surface area (Å²) in [6, 6.07) is 10.7. The van der Waals surface area contributed by atoms with Crippen molar-refractivity contribution in [2.75, 3.05) is 37.4 Å². The molecule has 2 aromatic carbocycles. The summed E-state index contributed by atoms with van der Waals surface area (Å²) in [5, 5.41) is 2.72. The summed E-state index contributed by atoms with van der Waals surface area (Å²) in [5.74, 6) is -0.881. The maximum absolute atomic E-state index is 13.8. The Hall–Kier alpha value is -2.45. The van der Waals surface area contributed by atoms with E-state index in [1.165, 1.54) is 22.5 Å². The topological polar surface area (TPSA) is 69.7 Å². The zero-order chi connectivity index (χ0) is 20.9. The number of nitrogens with zero attached hydrogens (tertiary/aromatic N) is 2. The van der Waals surface area contributed by atoms with Gasteiger partial charge in [-0.1, -0.05) is 32.0 Å². The molecule has 0 aliphatic rings. The van der Waals surface area contributed by atoms with Crippen molar-refractivity contribution in [1.82, 2.24) is 4.31 Å². The lowest BCUT2D eigenvalue weighted by atomic mass is 10.1. The van der Waals surface area contributed by atoms with Gasteiger partial charge in [0.25, 0.3) is 0 Å². The van der Waals surface area contributed by atoms with Gasteiger partial charge in [0.15, 0.2) is 0 Å². The first kappa shape index (κ1) is 21.8. The number of halogens is 1. The van der Waals surface area contributed by atoms with Gasteiger partial charge < -0.3 is 10.2 Å². The zero-order valence-electron chi connectivity index (χ0n) is 16.6. The van der Waals surface area contributed by atoms with Crippen molar-refractivity contribution in [3.8, 4) is 0 Å². The number of carbonyl (C=O) groups is 1. The molecule has 1 amide bonds. The van der Waals surface area contributed by atoms with E-state index < -0.39 is 21.7 Å². The highest BCUT2D eigenvalue weighted by atomic mass is 32.2. The minimum atomic E-state index is -3.66. The van der Waals surface area contributed by atoms with Crippen LogP contribution >= 0.6 is 0 Å². The number of amides is 1. The Kier molecular flexibility index (Phi) is 7.15. The van der Waals surface area contributed by atoms with Gasteiger partial charge in [0.1, 0.15) is 5.82 Å². The van der Waals surface area contributed by atoms with Crippen LogP contribution in [-0.2, 0) is 21.2 Å². The molecule has 1 N–H and O–H groups in total. The molecule has 0 aromatic heterocycles. The number of rotatable bonds is 8. The second-order valence-electron chi connectivity index (χ2n) is 6.48. The van der Waals surface area contributed by atoms with Gasteiger partial charge >= 0.3 is 0 Å². The van der Waals surface area contributed by atoms with E-state index in [4.69, 9.17) is 0 Å². The minimum absolute atomic E-state index is 0.1000. The lowest BCUT2D eigenvalue weighted by Gasteiger charge is -2.22. The first-order valence-electron chi connectivity index (χ1n) is 9.05. The van der Waals surface area contributed by atoms with Gasteiger partial charge in [0, 0.05) is 27.2 Å². The summed E-state index contributed by atoms with van der Waals surface area (Å²) < 4.78 is 40.8. The molecule has 0 atom stereocenters. The smallest absolute Gasteiger partial charge is 0.243 e. The molecule has 2 rings (SSSR count). The number of sulfonamides is 1. The Labute approximate surface area is 166 Å². The largest absolute Gasteiger partial charge is 0.376 e. The van der Waals surface area contributed by atoms with Crippen molar-refractivity contribution >= 4 is 27.3 Å². The third-order valence-corrected chi connectivity index (χ3v) is 6.42. The Morgan fingerprint density at radius 3 is 2.29 bits per heavy atom. The maximum atomic E-state index is 13.8. The Morgan fingerprint density at radius 2 is 1.71 bits per heavy atom. The average Bonchev–Trinajstić information content (AvgIpc) is 2.64. The van der Waals surface area contributed by atoms with E-state index in [2.05, 4.69) is 5.32 Å². The lowest BCUT2D eigenvalue weighted by molar-refractivity contribution is -0.115. The maximum Gasteiger partial charge on any atom is 0.243 e. The van der Waals surface area contributed by atoms with Crippen LogP contribution in [-0.4, -0.2) is 45.8 Å². The van der Waals surface area contributed by atoms with E-state index in [9.17, 15) is 17.6 Å². The standard InChI is InChI=1S/C20H26FN3O3S/c1-5-24(6-2)28(26,27)16-11-12-19(23(3)4)18(14-16)22-20(25)13-15-9-7-8-10-17(15)21/h7-12,14H,5-6,13H2,1-4H3,(H,22,25). The highest BCUT2D eigenvalue weighted by Crippen LogP contribution is 2.29. The summed E-state index contributed by atoms with van der Waals surface area (Å²) in [6.07, 6.45) is -0.146. The number of hydrogen-bond acceptors (Lipinski definition) is 4. The van der Waals surface area contributed by atoms with Crippen LogP contribution in [0.4, 0.5) is 15.8 Å². The fourth-order valence-electron chi connectivity index (χ4n) is 2.89. The summed E-state index contributed by atoms with van der Waals surface area (Å²) in [5.41, 5.74) is 1.29. The number of nitrogens with one attached hydrogen (secondary N) is 1. The molecular formula is C20H26FN3O3S. The monoisotopic (exact) mass is 407 g/mol. The first-order valence-corrected chi connectivity index (χ1v) is 10.5. The molecule has 28 heavy (non-hydrogen) atoms. The second kappa shape index (κ2) is 9.16. The van der Waals surface area contributed by atoms with E-state index in [1.807, 2.05) is 0 Å². The molecule has 2 aromatic rings. The summed E-state index contributed by atoms with van der Waals surface area (Å²) in [4.78, 5) is 14.3. The van der Waals surface area contributed by atoms with Crippen LogP contribution in [0.2, 0.25) is 0 Å². The SMILES string of the molecule is CCN(CC)S(=O)(=O)c1ccc(N(C)C)c(NC(=O)Cc2ccccc2F)c1. The molecule has 0 aliphatic heterocycles. The van der Waals surface area contributed by atoms with Gasteiger partial charge in [-0.25, -0.2) is 12.8 Å². The van der Waals surface area contributed by atoms with E-state index in [0.29, 0.717) is 24.5 Å². The van der Waals surface area contributed by atoms with Crippen LogP contribution in [0.5, 0.6) is 0 Å². The lowest BCUT2D eigenvalue weighted by Crippen LogP contribution is -2.30. The predicted molar refractivity (Wildman–Crippen MR) is 110 cm³/mol. The molecule has 0 radical (unpaired) electrons. The fourth-order valence-corrected chi connectivity index (χ4v) is 4.37. The van der Waals surface area contributed by atoms with Crippen molar-refractivity contribution in [2.24, 2.45) is 0 Å². The highest BCUT2D eigenvalue weighted by molar-refractivity contribution is 7.89. The molecular weight excluding hydrogens is 381 g/mol. The highest BCUT2D eigenvalue weighted by Gasteiger charge is 2.23. The predicted octanol–water partition coefficient (Wildman–Crippen LogP) is 3.10. The average molecular weight is 408 g/mol. The van der Waals surface area contributed by atoms with E-state index in [0.717, 1.165) is 0 Å². The van der Waals surface area contributed by atoms with Crippen LogP contribution < -0.4 is 10.2 Å². The Balaban J connectivity index is 2.36. The molecule has 152 valence electrons. The second-order valence-corrected chi connectivity index (χ2v) is 8.42. The van der Waals surface area contributed by atoms with Gasteiger partial charge in [-0.05, 0) is 29.8 Å². The van der Waals surface area contributed by atoms with Crippen molar-refractivity contribution in [1.29, 1.82) is 0 Å². The van der Waals surface area contributed by atoms with E-state index >= 15 is 0 Å². The van der Waals surface area contributed by atoms with E-state index in [1.54, 1.807) is 57.1 Å². The molecule has 0 heterocycles. The molecule has 0 bridgehead atoms. The number of carbonyl (C=O) groups excluding carboxylic acids is 1. The fraction of sp³-hybridized carbons (Fsp3) is 0.350. The molecule has 0 spiro atoms. The van der Waals surface area contributed by atoms with Crippen molar-refractivity contribution in [3.05, 3.63) is 53.8 Å². The molecule has 0 saturated carbocycles. The number of hydrogen-bond donors (Lipinski definition) is 1. The van der Waals surface area contributed by atoms with Gasteiger partial charge in [0.05, 0.1) is 22.7 Å². The third-order valence-electron chi connectivity index (χ3n) is 4.38. The van der Waals surface area contributed by atoms with Gasteiger partial charge in [0.2, 0.25) is 15.9 Å². The molecule has 0 saturated heterocycles. The normalized spacial score (nSPS) is 11.5. The molecule has 0 unspecified atom stereocenters. The summed E-state index contributed by atoms with van der Waals surface area (Å²) >= 11 is 0. The van der Waals surface area contributed by atoms with Crippen LogP contribution in [0.1, 0.15) is 19.4 Å². The van der Waals surface area contributed by atoms with Crippen molar-refractivity contribution < 1.29 is 17.6 Å². The van der Waals surface area contributed by atoms with Crippen LogP contribution in [0, 0.1) is 5.82 Å². The first-order chi connectivity index (χ1) is 13.2. The van der Waals surface area contributed by atoms with Crippen LogP contribution in [0.25, 0.3) is 0 Å². The van der Waals surface area contributed by atoms with Gasteiger partial charge in [-0.15, -0.1) is 0 Å². The zero-order valence-corrected chi connectivity index (χ0v) is 17.4. The molecule has 0 aliphatic carbocycles. The number of benzene rings is 2. The van der Waals surface area contributed by atoms with Crippen molar-refractivity contribution in [2.45, 2.75) is 25.2 Å². The van der Waals surface area contributed by atoms with E-state index in [-0.39, 0.29) is 16.9 Å². The Morgan fingerprint density at radius 1 is 1.07 bits per heavy atom. The summed E-state index contributed by atoms with van der Waals surface area (Å²) in [6.45, 7) is 4.24. The quantitative estimate of drug-likeness (QED) is 0.730. The van der Waals surface area contributed by atoms with Crippen LogP contribution in [0.15, 0.2) is 47.4 Å². The Bertz CT molecular complexity index is 941.